The third kappa shape index (κ3) is 4.74. The van der Waals surface area contributed by atoms with E-state index >= 15 is 0 Å². The minimum absolute atomic E-state index is 0.0510. The van der Waals surface area contributed by atoms with Gasteiger partial charge in [-0.05, 0) is 47.8 Å². The SMILES string of the molecule is CC(C)CC(c1ccc(OC2CCCO2)cc1)C(C)(C)C. The summed E-state index contributed by atoms with van der Waals surface area (Å²) >= 11 is 0. The highest BCUT2D eigenvalue weighted by atomic mass is 16.7. The smallest absolute Gasteiger partial charge is 0.199 e. The van der Waals surface area contributed by atoms with Crippen molar-refractivity contribution in [2.45, 2.75) is 66.1 Å². The fourth-order valence-corrected chi connectivity index (χ4v) is 3.03. The van der Waals surface area contributed by atoms with E-state index in [0.29, 0.717) is 11.8 Å². The molecule has 1 saturated heterocycles. The lowest BCUT2D eigenvalue weighted by Crippen LogP contribution is -2.20. The zero-order valence-electron chi connectivity index (χ0n) is 14.2. The highest BCUT2D eigenvalue weighted by molar-refractivity contribution is 5.30. The molecule has 2 nitrogen and oxygen atoms in total. The lowest BCUT2D eigenvalue weighted by atomic mass is 9.72. The van der Waals surface area contributed by atoms with E-state index in [1.807, 2.05) is 0 Å². The first-order valence-corrected chi connectivity index (χ1v) is 8.24. The second kappa shape index (κ2) is 6.83. The second-order valence-corrected chi connectivity index (χ2v) is 7.68. The Bertz CT molecular complexity index is 422. The van der Waals surface area contributed by atoms with Gasteiger partial charge in [0, 0.05) is 6.42 Å². The molecule has 1 aromatic rings. The molecule has 0 bridgehead atoms. The molecule has 2 unspecified atom stereocenters. The highest BCUT2D eigenvalue weighted by Crippen LogP contribution is 2.40. The minimum atomic E-state index is -0.0510. The van der Waals surface area contributed by atoms with E-state index in [0.717, 1.165) is 25.2 Å². The number of rotatable bonds is 5. The Morgan fingerprint density at radius 3 is 2.33 bits per heavy atom. The van der Waals surface area contributed by atoms with Gasteiger partial charge in [0.25, 0.3) is 0 Å². The van der Waals surface area contributed by atoms with Crippen molar-refractivity contribution in [1.29, 1.82) is 0 Å². The molecule has 118 valence electrons. The maximum absolute atomic E-state index is 5.85. The van der Waals surface area contributed by atoms with Crippen LogP contribution in [0.1, 0.15) is 65.4 Å². The standard InChI is InChI=1S/C19H30O2/c1-14(2)13-17(19(3,4)5)15-8-10-16(11-9-15)21-18-7-6-12-20-18/h8-11,14,17-18H,6-7,12-13H2,1-5H3. The molecule has 0 spiro atoms. The van der Waals surface area contributed by atoms with Gasteiger partial charge in [0.05, 0.1) is 6.61 Å². The van der Waals surface area contributed by atoms with Gasteiger partial charge in [-0.15, -0.1) is 0 Å². The van der Waals surface area contributed by atoms with Crippen molar-refractivity contribution in [3.8, 4) is 5.75 Å². The van der Waals surface area contributed by atoms with E-state index in [1.54, 1.807) is 0 Å². The molecule has 2 heteroatoms. The summed E-state index contributed by atoms with van der Waals surface area (Å²) in [5.74, 6) is 2.20. The molecule has 0 radical (unpaired) electrons. The molecule has 2 rings (SSSR count). The monoisotopic (exact) mass is 290 g/mol. The molecule has 0 amide bonds. The maximum Gasteiger partial charge on any atom is 0.199 e. The van der Waals surface area contributed by atoms with Gasteiger partial charge in [0.1, 0.15) is 5.75 Å². The van der Waals surface area contributed by atoms with Crippen molar-refractivity contribution < 1.29 is 9.47 Å². The van der Waals surface area contributed by atoms with E-state index in [1.165, 1.54) is 12.0 Å². The van der Waals surface area contributed by atoms with Crippen LogP contribution in [-0.4, -0.2) is 12.9 Å². The second-order valence-electron chi connectivity index (χ2n) is 7.68. The van der Waals surface area contributed by atoms with Crippen LogP contribution < -0.4 is 4.74 Å². The Balaban J connectivity index is 2.07. The maximum atomic E-state index is 5.85. The van der Waals surface area contributed by atoms with Crippen molar-refractivity contribution in [3.63, 3.8) is 0 Å². The average Bonchev–Trinajstić information content (AvgIpc) is 2.88. The van der Waals surface area contributed by atoms with E-state index in [-0.39, 0.29) is 11.7 Å². The van der Waals surface area contributed by atoms with Gasteiger partial charge in [-0.25, -0.2) is 0 Å². The van der Waals surface area contributed by atoms with Crippen LogP contribution in [0.15, 0.2) is 24.3 Å². The average molecular weight is 290 g/mol. The van der Waals surface area contributed by atoms with Gasteiger partial charge in [0.2, 0.25) is 0 Å². The normalized spacial score (nSPS) is 20.8. The van der Waals surface area contributed by atoms with Crippen LogP contribution >= 0.6 is 0 Å². The van der Waals surface area contributed by atoms with Crippen molar-refractivity contribution in [3.05, 3.63) is 29.8 Å². The summed E-state index contributed by atoms with van der Waals surface area (Å²) < 4.78 is 11.4. The van der Waals surface area contributed by atoms with Crippen molar-refractivity contribution in [2.75, 3.05) is 6.61 Å². The van der Waals surface area contributed by atoms with Gasteiger partial charge in [0.15, 0.2) is 6.29 Å². The van der Waals surface area contributed by atoms with Crippen LogP contribution in [0.3, 0.4) is 0 Å². The Kier molecular flexibility index (Phi) is 5.32. The van der Waals surface area contributed by atoms with Crippen LogP contribution in [-0.2, 0) is 4.74 Å². The van der Waals surface area contributed by atoms with Gasteiger partial charge in [-0.1, -0.05) is 46.8 Å². The zero-order valence-corrected chi connectivity index (χ0v) is 14.2. The van der Waals surface area contributed by atoms with Crippen LogP contribution in [0.4, 0.5) is 0 Å². The molecule has 2 atom stereocenters. The van der Waals surface area contributed by atoms with Crippen molar-refractivity contribution in [2.24, 2.45) is 11.3 Å². The zero-order chi connectivity index (χ0) is 15.5. The molecule has 0 saturated carbocycles. The van der Waals surface area contributed by atoms with Gasteiger partial charge in [-0.3, -0.25) is 0 Å². The molecule has 1 aromatic carbocycles. The minimum Gasteiger partial charge on any atom is -0.465 e. The molecule has 21 heavy (non-hydrogen) atoms. The largest absolute Gasteiger partial charge is 0.465 e. The number of benzene rings is 1. The van der Waals surface area contributed by atoms with Crippen LogP contribution in [0.2, 0.25) is 0 Å². The molecular formula is C19H30O2. The number of hydrogen-bond acceptors (Lipinski definition) is 2. The fourth-order valence-electron chi connectivity index (χ4n) is 3.03. The third-order valence-corrected chi connectivity index (χ3v) is 4.19. The molecule has 1 heterocycles. The fraction of sp³-hybridized carbons (Fsp3) is 0.684. The molecule has 1 aliphatic heterocycles. The first-order chi connectivity index (χ1) is 9.86. The Hall–Kier alpha value is -1.02. The predicted octanol–water partition coefficient (Wildman–Crippen LogP) is 5.38. The lowest BCUT2D eigenvalue weighted by molar-refractivity contribution is -0.0390. The lowest BCUT2D eigenvalue weighted by Gasteiger charge is -2.32. The van der Waals surface area contributed by atoms with Gasteiger partial charge < -0.3 is 9.47 Å². The summed E-state index contributed by atoms with van der Waals surface area (Å²) in [6.45, 7) is 12.4. The third-order valence-electron chi connectivity index (χ3n) is 4.19. The topological polar surface area (TPSA) is 18.5 Å². The number of ether oxygens (including phenoxy) is 2. The molecule has 0 aliphatic carbocycles. The summed E-state index contributed by atoms with van der Waals surface area (Å²) in [6, 6.07) is 8.64. The predicted molar refractivity (Wildman–Crippen MR) is 87.7 cm³/mol. The van der Waals surface area contributed by atoms with Crippen LogP contribution in [0.5, 0.6) is 5.75 Å². The van der Waals surface area contributed by atoms with Gasteiger partial charge in [-0.2, -0.15) is 0 Å². The molecule has 0 N–H and O–H groups in total. The molecule has 1 aliphatic rings. The summed E-state index contributed by atoms with van der Waals surface area (Å²) in [5.41, 5.74) is 1.69. The Labute approximate surface area is 129 Å². The Morgan fingerprint density at radius 1 is 1.19 bits per heavy atom. The van der Waals surface area contributed by atoms with E-state index in [2.05, 4.69) is 58.9 Å². The van der Waals surface area contributed by atoms with E-state index < -0.39 is 0 Å². The van der Waals surface area contributed by atoms with E-state index in [9.17, 15) is 0 Å². The van der Waals surface area contributed by atoms with Crippen molar-refractivity contribution in [1.82, 2.24) is 0 Å². The van der Waals surface area contributed by atoms with Gasteiger partial charge >= 0.3 is 0 Å². The van der Waals surface area contributed by atoms with Crippen LogP contribution in [0.25, 0.3) is 0 Å². The Morgan fingerprint density at radius 2 is 1.86 bits per heavy atom. The first-order valence-electron chi connectivity index (χ1n) is 8.24. The van der Waals surface area contributed by atoms with Crippen LogP contribution in [0, 0.1) is 11.3 Å². The quantitative estimate of drug-likeness (QED) is 0.725. The molecule has 1 fully saturated rings. The summed E-state index contributed by atoms with van der Waals surface area (Å²) in [6.07, 6.45) is 3.27. The van der Waals surface area contributed by atoms with E-state index in [4.69, 9.17) is 9.47 Å². The first kappa shape index (κ1) is 16.4. The summed E-state index contributed by atoms with van der Waals surface area (Å²) in [7, 11) is 0. The summed E-state index contributed by atoms with van der Waals surface area (Å²) in [4.78, 5) is 0. The molecule has 0 aromatic heterocycles. The highest BCUT2D eigenvalue weighted by Gasteiger charge is 2.27. The summed E-state index contributed by atoms with van der Waals surface area (Å²) in [5, 5.41) is 0. The molecular weight excluding hydrogens is 260 g/mol. The number of hydrogen-bond donors (Lipinski definition) is 0. The van der Waals surface area contributed by atoms with Crippen molar-refractivity contribution >= 4 is 0 Å².